The Morgan fingerprint density at radius 1 is 1.31 bits per heavy atom. The average molecular weight is 379 g/mol. The van der Waals surface area contributed by atoms with Gasteiger partial charge in [-0.2, -0.15) is 4.31 Å². The third-order valence-corrected chi connectivity index (χ3v) is 5.86. The van der Waals surface area contributed by atoms with E-state index in [0.717, 1.165) is 22.3 Å². The number of aromatic nitrogens is 1. The highest BCUT2D eigenvalue weighted by Gasteiger charge is 2.26. The van der Waals surface area contributed by atoms with Crippen molar-refractivity contribution in [2.24, 2.45) is 0 Å². The van der Waals surface area contributed by atoms with Crippen molar-refractivity contribution in [3.8, 4) is 0 Å². The molecule has 8 heteroatoms. The lowest BCUT2D eigenvalue weighted by atomic mass is 10.1. The lowest BCUT2D eigenvalue weighted by molar-refractivity contribution is -0.000135. The van der Waals surface area contributed by atoms with Crippen LogP contribution < -0.4 is 10.7 Å². The number of nitrogens with zero attached hydrogens (tertiary/aromatic N) is 1. The smallest absolute Gasteiger partial charge is 0.211 e. The molecule has 0 aliphatic carbocycles. The lowest BCUT2D eigenvalue weighted by Gasteiger charge is -2.31. The maximum Gasteiger partial charge on any atom is 0.211 e. The minimum atomic E-state index is -3.20. The number of rotatable bonds is 5. The largest absolute Gasteiger partial charge is 0.374 e. The van der Waals surface area contributed by atoms with E-state index in [2.05, 4.69) is 10.3 Å². The van der Waals surface area contributed by atoms with Crippen molar-refractivity contribution in [3.05, 3.63) is 45.2 Å². The third kappa shape index (κ3) is 4.32. The van der Waals surface area contributed by atoms with Crippen LogP contribution in [0, 0.1) is 13.8 Å². The zero-order valence-electron chi connectivity index (χ0n) is 15.3. The summed E-state index contributed by atoms with van der Waals surface area (Å²) in [5, 5.41) is 3.95. The van der Waals surface area contributed by atoms with Gasteiger partial charge in [0.2, 0.25) is 10.0 Å². The summed E-state index contributed by atoms with van der Waals surface area (Å²) in [5.74, 6) is 0. The van der Waals surface area contributed by atoms with Gasteiger partial charge in [-0.15, -0.1) is 0 Å². The zero-order valence-corrected chi connectivity index (χ0v) is 16.1. The Morgan fingerprint density at radius 2 is 2.08 bits per heavy atom. The first kappa shape index (κ1) is 19.0. The number of H-pyrrole nitrogens is 1. The summed E-state index contributed by atoms with van der Waals surface area (Å²) in [7, 11) is -3.20. The predicted molar refractivity (Wildman–Crippen MR) is 102 cm³/mol. The molecule has 1 aliphatic rings. The number of hydrogen-bond donors (Lipinski definition) is 2. The van der Waals surface area contributed by atoms with Gasteiger partial charge in [-0.05, 0) is 31.0 Å². The average Bonchev–Trinajstić information content (AvgIpc) is 2.55. The van der Waals surface area contributed by atoms with Crippen molar-refractivity contribution in [1.82, 2.24) is 14.6 Å². The van der Waals surface area contributed by atoms with Crippen LogP contribution in [0.15, 0.2) is 23.0 Å². The zero-order chi connectivity index (χ0) is 18.9. The van der Waals surface area contributed by atoms with Gasteiger partial charge in [-0.1, -0.05) is 6.07 Å². The van der Waals surface area contributed by atoms with Crippen molar-refractivity contribution >= 4 is 20.9 Å². The molecule has 2 heterocycles. The molecule has 0 saturated carbocycles. The van der Waals surface area contributed by atoms with E-state index < -0.39 is 10.0 Å². The van der Waals surface area contributed by atoms with Crippen LogP contribution in [-0.2, 0) is 21.3 Å². The number of nitrogens with one attached hydrogen (secondary N) is 2. The van der Waals surface area contributed by atoms with Gasteiger partial charge < -0.3 is 15.0 Å². The number of sulfonamides is 1. The number of aromatic amines is 1. The number of fused-ring (bicyclic) bond motifs is 1. The number of ether oxygens (including phenoxy) is 1. The summed E-state index contributed by atoms with van der Waals surface area (Å²) in [5.41, 5.74) is 3.76. The van der Waals surface area contributed by atoms with Crippen LogP contribution in [0.25, 0.3) is 10.9 Å². The number of morpholine rings is 1. The summed E-state index contributed by atoms with van der Waals surface area (Å²) in [4.78, 5) is 15.7. The van der Waals surface area contributed by atoms with Crippen LogP contribution in [0.5, 0.6) is 0 Å². The molecule has 1 aliphatic heterocycles. The monoisotopic (exact) mass is 379 g/mol. The molecule has 0 unspecified atom stereocenters. The molecule has 2 aromatic rings. The summed E-state index contributed by atoms with van der Waals surface area (Å²) >= 11 is 0. The second kappa shape index (κ2) is 7.48. The summed E-state index contributed by atoms with van der Waals surface area (Å²) in [6, 6.07) is 5.55. The molecular weight excluding hydrogens is 354 g/mol. The maximum absolute atomic E-state index is 12.4. The molecule has 1 saturated heterocycles. The van der Waals surface area contributed by atoms with Crippen molar-refractivity contribution in [3.63, 3.8) is 0 Å². The molecular formula is C18H25N3O4S. The standard InChI is InChI=1S/C18H25N3O4S/c1-12-6-13(2)18-16(7-12)17(22)8-14(20-18)9-19-10-15-11-21(4-5-25-15)26(3,23)24/h6-8,15,19H,4-5,9-11H2,1-3H3,(H,20,22)/t15-/m1/s1. The molecule has 1 aromatic carbocycles. The molecule has 2 N–H and O–H groups in total. The van der Waals surface area contributed by atoms with Gasteiger partial charge in [0.05, 0.1) is 24.5 Å². The van der Waals surface area contributed by atoms with Gasteiger partial charge in [0.15, 0.2) is 5.43 Å². The topological polar surface area (TPSA) is 91.5 Å². The van der Waals surface area contributed by atoms with Gasteiger partial charge in [0.1, 0.15) is 0 Å². The minimum Gasteiger partial charge on any atom is -0.374 e. The van der Waals surface area contributed by atoms with E-state index in [0.29, 0.717) is 38.2 Å². The fourth-order valence-corrected chi connectivity index (χ4v) is 4.18. The number of hydrogen-bond acceptors (Lipinski definition) is 5. The molecule has 0 radical (unpaired) electrons. The molecule has 7 nitrogen and oxygen atoms in total. The van der Waals surface area contributed by atoms with Crippen LogP contribution in [0.1, 0.15) is 16.8 Å². The van der Waals surface area contributed by atoms with E-state index in [9.17, 15) is 13.2 Å². The van der Waals surface area contributed by atoms with E-state index in [4.69, 9.17) is 4.74 Å². The quantitative estimate of drug-likeness (QED) is 0.805. The highest BCUT2D eigenvalue weighted by atomic mass is 32.2. The first-order valence-electron chi connectivity index (χ1n) is 8.64. The highest BCUT2D eigenvalue weighted by molar-refractivity contribution is 7.88. The lowest BCUT2D eigenvalue weighted by Crippen LogP contribution is -2.48. The Kier molecular flexibility index (Phi) is 5.47. The highest BCUT2D eigenvalue weighted by Crippen LogP contribution is 2.16. The second-order valence-electron chi connectivity index (χ2n) is 6.91. The molecule has 0 spiro atoms. The number of benzene rings is 1. The summed E-state index contributed by atoms with van der Waals surface area (Å²) < 4.78 is 30.4. The SMILES string of the molecule is Cc1cc(C)c2[nH]c(CNC[C@@H]3CN(S(C)(=O)=O)CCO3)cc(=O)c2c1. The Balaban J connectivity index is 1.66. The van der Waals surface area contributed by atoms with Crippen LogP contribution >= 0.6 is 0 Å². The van der Waals surface area contributed by atoms with Crippen molar-refractivity contribution in [2.45, 2.75) is 26.5 Å². The molecule has 1 atom stereocenters. The number of aryl methyl sites for hydroxylation is 2. The van der Waals surface area contributed by atoms with Crippen LogP contribution in [0.2, 0.25) is 0 Å². The van der Waals surface area contributed by atoms with E-state index in [-0.39, 0.29) is 11.5 Å². The van der Waals surface area contributed by atoms with Gasteiger partial charge >= 0.3 is 0 Å². The first-order valence-corrected chi connectivity index (χ1v) is 10.5. The van der Waals surface area contributed by atoms with E-state index in [1.54, 1.807) is 6.07 Å². The first-order chi connectivity index (χ1) is 12.2. The minimum absolute atomic E-state index is 0.000446. The molecule has 0 bridgehead atoms. The molecule has 1 fully saturated rings. The molecule has 26 heavy (non-hydrogen) atoms. The normalized spacial score (nSPS) is 19.1. The molecule has 1 aromatic heterocycles. The fraction of sp³-hybridized carbons (Fsp3) is 0.500. The predicted octanol–water partition coefficient (Wildman–Crippen LogP) is 0.895. The van der Waals surface area contributed by atoms with E-state index in [1.807, 2.05) is 26.0 Å². The van der Waals surface area contributed by atoms with E-state index >= 15 is 0 Å². The van der Waals surface area contributed by atoms with Crippen LogP contribution in [0.3, 0.4) is 0 Å². The summed E-state index contributed by atoms with van der Waals surface area (Å²) in [6.45, 7) is 6.09. The Labute approximate surface area is 153 Å². The third-order valence-electron chi connectivity index (χ3n) is 4.59. The molecule has 0 amide bonds. The van der Waals surface area contributed by atoms with E-state index in [1.165, 1.54) is 10.6 Å². The van der Waals surface area contributed by atoms with Gasteiger partial charge in [0, 0.05) is 43.3 Å². The van der Waals surface area contributed by atoms with Crippen molar-refractivity contribution < 1.29 is 13.2 Å². The number of pyridine rings is 1. The maximum atomic E-state index is 12.4. The Morgan fingerprint density at radius 3 is 2.81 bits per heavy atom. The Bertz CT molecular complexity index is 968. The van der Waals surface area contributed by atoms with Crippen molar-refractivity contribution in [1.29, 1.82) is 0 Å². The fourth-order valence-electron chi connectivity index (χ4n) is 3.34. The van der Waals surface area contributed by atoms with Gasteiger partial charge in [0.25, 0.3) is 0 Å². The van der Waals surface area contributed by atoms with Gasteiger partial charge in [-0.25, -0.2) is 8.42 Å². The second-order valence-corrected chi connectivity index (χ2v) is 8.89. The van der Waals surface area contributed by atoms with Crippen molar-refractivity contribution in [2.75, 3.05) is 32.5 Å². The Hall–Kier alpha value is -1.74. The van der Waals surface area contributed by atoms with Crippen LogP contribution in [-0.4, -0.2) is 56.3 Å². The van der Waals surface area contributed by atoms with Gasteiger partial charge in [-0.3, -0.25) is 4.79 Å². The summed E-state index contributed by atoms with van der Waals surface area (Å²) in [6.07, 6.45) is 1.02. The molecule has 142 valence electrons. The molecule has 3 rings (SSSR count). The van der Waals surface area contributed by atoms with Crippen LogP contribution in [0.4, 0.5) is 0 Å².